The zero-order chi connectivity index (χ0) is 14.4. The standard InChI is InChI=1S/C17H24N2S/c1-4-18-11-10-17(2,3)12-16-19-15(13-20-16)14-8-6-5-7-9-14/h5-9,13,18H,4,10-12H2,1-3H3. The van der Waals surface area contributed by atoms with Crippen LogP contribution in [0.1, 0.15) is 32.2 Å². The largest absolute Gasteiger partial charge is 0.317 e. The third-order valence-corrected chi connectivity index (χ3v) is 4.33. The van der Waals surface area contributed by atoms with Crippen molar-refractivity contribution in [1.82, 2.24) is 10.3 Å². The molecule has 0 aliphatic rings. The summed E-state index contributed by atoms with van der Waals surface area (Å²) >= 11 is 1.78. The number of benzene rings is 1. The van der Waals surface area contributed by atoms with Crippen LogP contribution in [0.5, 0.6) is 0 Å². The molecular formula is C17H24N2S. The van der Waals surface area contributed by atoms with Crippen molar-refractivity contribution in [1.29, 1.82) is 0 Å². The zero-order valence-electron chi connectivity index (χ0n) is 12.6. The van der Waals surface area contributed by atoms with Gasteiger partial charge in [0.1, 0.15) is 0 Å². The van der Waals surface area contributed by atoms with Crippen molar-refractivity contribution in [3.8, 4) is 11.3 Å². The predicted octanol–water partition coefficient (Wildman–Crippen LogP) is 4.38. The second-order valence-corrected chi connectivity index (χ2v) is 6.88. The van der Waals surface area contributed by atoms with Gasteiger partial charge in [-0.3, -0.25) is 0 Å². The van der Waals surface area contributed by atoms with Gasteiger partial charge in [-0.2, -0.15) is 0 Å². The van der Waals surface area contributed by atoms with Crippen LogP contribution in [-0.4, -0.2) is 18.1 Å². The Morgan fingerprint density at radius 2 is 1.95 bits per heavy atom. The predicted molar refractivity (Wildman–Crippen MR) is 88.2 cm³/mol. The first-order valence-electron chi connectivity index (χ1n) is 7.31. The molecule has 0 saturated carbocycles. The fourth-order valence-electron chi connectivity index (χ4n) is 2.23. The Morgan fingerprint density at radius 1 is 1.20 bits per heavy atom. The lowest BCUT2D eigenvalue weighted by Gasteiger charge is -2.23. The Kier molecular flexibility index (Phi) is 5.32. The summed E-state index contributed by atoms with van der Waals surface area (Å²) in [4.78, 5) is 4.79. The SMILES string of the molecule is CCNCCC(C)(C)Cc1nc(-c2ccccc2)cs1. The summed E-state index contributed by atoms with van der Waals surface area (Å²) in [6.07, 6.45) is 2.23. The minimum Gasteiger partial charge on any atom is -0.317 e. The highest BCUT2D eigenvalue weighted by Gasteiger charge is 2.20. The van der Waals surface area contributed by atoms with E-state index in [4.69, 9.17) is 4.98 Å². The number of thiazole rings is 1. The average molecular weight is 288 g/mol. The van der Waals surface area contributed by atoms with Crippen LogP contribution in [0.4, 0.5) is 0 Å². The van der Waals surface area contributed by atoms with Gasteiger partial charge in [-0.1, -0.05) is 51.1 Å². The molecule has 2 aromatic rings. The lowest BCUT2D eigenvalue weighted by Crippen LogP contribution is -2.23. The van der Waals surface area contributed by atoms with Gasteiger partial charge in [0.15, 0.2) is 0 Å². The Morgan fingerprint density at radius 3 is 2.65 bits per heavy atom. The van der Waals surface area contributed by atoms with E-state index in [1.165, 1.54) is 17.0 Å². The monoisotopic (exact) mass is 288 g/mol. The Hall–Kier alpha value is -1.19. The number of hydrogen-bond donors (Lipinski definition) is 1. The van der Waals surface area contributed by atoms with Gasteiger partial charge < -0.3 is 5.32 Å². The van der Waals surface area contributed by atoms with E-state index >= 15 is 0 Å². The van der Waals surface area contributed by atoms with Crippen LogP contribution in [0.15, 0.2) is 35.7 Å². The number of rotatable bonds is 7. The Balaban J connectivity index is 1.99. The summed E-state index contributed by atoms with van der Waals surface area (Å²) in [5.74, 6) is 0. The lowest BCUT2D eigenvalue weighted by molar-refractivity contribution is 0.326. The summed E-state index contributed by atoms with van der Waals surface area (Å²) in [7, 11) is 0. The molecule has 1 heterocycles. The maximum atomic E-state index is 4.79. The maximum Gasteiger partial charge on any atom is 0.0937 e. The third kappa shape index (κ3) is 4.43. The van der Waals surface area contributed by atoms with Crippen molar-refractivity contribution < 1.29 is 0 Å². The molecule has 0 unspecified atom stereocenters. The van der Waals surface area contributed by atoms with Crippen molar-refractivity contribution >= 4 is 11.3 Å². The molecule has 0 fully saturated rings. The lowest BCUT2D eigenvalue weighted by atomic mass is 9.86. The number of nitrogens with one attached hydrogen (secondary N) is 1. The highest BCUT2D eigenvalue weighted by atomic mass is 32.1. The van der Waals surface area contributed by atoms with Gasteiger partial charge in [0.05, 0.1) is 10.7 Å². The molecule has 0 bridgehead atoms. The molecule has 0 aliphatic carbocycles. The number of hydrogen-bond acceptors (Lipinski definition) is 3. The van der Waals surface area contributed by atoms with Gasteiger partial charge in [-0.05, 0) is 24.9 Å². The van der Waals surface area contributed by atoms with Gasteiger partial charge in [-0.15, -0.1) is 11.3 Å². The molecule has 0 spiro atoms. The van der Waals surface area contributed by atoms with Crippen molar-refractivity contribution in [2.75, 3.05) is 13.1 Å². The molecule has 2 rings (SSSR count). The van der Waals surface area contributed by atoms with Gasteiger partial charge in [-0.25, -0.2) is 4.98 Å². The first kappa shape index (κ1) is 15.2. The minimum atomic E-state index is 0.300. The molecule has 0 amide bonds. The molecule has 0 radical (unpaired) electrons. The van der Waals surface area contributed by atoms with E-state index in [0.717, 1.165) is 25.2 Å². The zero-order valence-corrected chi connectivity index (χ0v) is 13.5. The summed E-state index contributed by atoms with van der Waals surface area (Å²) in [6.45, 7) is 8.94. The van der Waals surface area contributed by atoms with E-state index in [2.05, 4.69) is 55.7 Å². The van der Waals surface area contributed by atoms with Crippen LogP contribution in [0.2, 0.25) is 0 Å². The fraction of sp³-hybridized carbons (Fsp3) is 0.471. The maximum absolute atomic E-state index is 4.79. The molecule has 1 N–H and O–H groups in total. The van der Waals surface area contributed by atoms with Gasteiger partial charge in [0.25, 0.3) is 0 Å². The molecule has 20 heavy (non-hydrogen) atoms. The van der Waals surface area contributed by atoms with Crippen molar-refractivity contribution in [2.45, 2.75) is 33.6 Å². The second-order valence-electron chi connectivity index (χ2n) is 5.94. The summed E-state index contributed by atoms with van der Waals surface area (Å²) in [5, 5.41) is 6.82. The van der Waals surface area contributed by atoms with Crippen LogP contribution >= 0.6 is 11.3 Å². The van der Waals surface area contributed by atoms with E-state index in [9.17, 15) is 0 Å². The van der Waals surface area contributed by atoms with Gasteiger partial charge >= 0.3 is 0 Å². The molecule has 1 aromatic heterocycles. The van der Waals surface area contributed by atoms with Crippen molar-refractivity contribution in [2.24, 2.45) is 5.41 Å². The fourth-order valence-corrected chi connectivity index (χ4v) is 3.30. The Bertz CT molecular complexity index is 517. The van der Waals surface area contributed by atoms with Crippen LogP contribution in [0.25, 0.3) is 11.3 Å². The van der Waals surface area contributed by atoms with E-state index < -0.39 is 0 Å². The van der Waals surface area contributed by atoms with E-state index in [-0.39, 0.29) is 0 Å². The highest BCUT2D eigenvalue weighted by molar-refractivity contribution is 7.09. The molecule has 108 valence electrons. The second kappa shape index (κ2) is 7.00. The Labute approximate surface area is 126 Å². The summed E-state index contributed by atoms with van der Waals surface area (Å²) in [5.41, 5.74) is 2.61. The van der Waals surface area contributed by atoms with Crippen LogP contribution < -0.4 is 5.32 Å². The summed E-state index contributed by atoms with van der Waals surface area (Å²) in [6, 6.07) is 10.4. The number of nitrogens with zero attached hydrogens (tertiary/aromatic N) is 1. The van der Waals surface area contributed by atoms with Crippen molar-refractivity contribution in [3.63, 3.8) is 0 Å². The van der Waals surface area contributed by atoms with Gasteiger partial charge in [0, 0.05) is 17.4 Å². The minimum absolute atomic E-state index is 0.300. The quantitative estimate of drug-likeness (QED) is 0.765. The molecule has 0 aliphatic heterocycles. The van der Waals surface area contributed by atoms with Gasteiger partial charge in [0.2, 0.25) is 0 Å². The molecule has 0 saturated heterocycles. The summed E-state index contributed by atoms with van der Waals surface area (Å²) < 4.78 is 0. The molecular weight excluding hydrogens is 264 g/mol. The van der Waals surface area contributed by atoms with Crippen LogP contribution in [0, 0.1) is 5.41 Å². The molecule has 3 heteroatoms. The first-order chi connectivity index (χ1) is 9.61. The smallest absolute Gasteiger partial charge is 0.0937 e. The third-order valence-electron chi connectivity index (χ3n) is 3.48. The van der Waals surface area contributed by atoms with E-state index in [0.29, 0.717) is 5.41 Å². The normalized spacial score (nSPS) is 11.8. The molecule has 2 nitrogen and oxygen atoms in total. The van der Waals surface area contributed by atoms with Crippen LogP contribution in [0.3, 0.4) is 0 Å². The van der Waals surface area contributed by atoms with E-state index in [1.54, 1.807) is 11.3 Å². The average Bonchev–Trinajstić information content (AvgIpc) is 2.87. The highest BCUT2D eigenvalue weighted by Crippen LogP contribution is 2.29. The van der Waals surface area contributed by atoms with E-state index in [1.807, 2.05) is 6.07 Å². The first-order valence-corrected chi connectivity index (χ1v) is 8.19. The number of aromatic nitrogens is 1. The molecule has 1 aromatic carbocycles. The van der Waals surface area contributed by atoms with Crippen LogP contribution in [-0.2, 0) is 6.42 Å². The molecule has 0 atom stereocenters. The topological polar surface area (TPSA) is 24.9 Å². The van der Waals surface area contributed by atoms with Crippen molar-refractivity contribution in [3.05, 3.63) is 40.7 Å².